The van der Waals surface area contributed by atoms with Crippen LogP contribution in [-0.4, -0.2) is 18.1 Å². The average Bonchev–Trinajstić information content (AvgIpc) is 2.97. The van der Waals surface area contributed by atoms with Gasteiger partial charge in [0.25, 0.3) is 0 Å². The van der Waals surface area contributed by atoms with Crippen molar-refractivity contribution in [3.63, 3.8) is 0 Å². The highest BCUT2D eigenvalue weighted by Gasteiger charge is 2.26. The maximum atomic E-state index is 6.15. The van der Waals surface area contributed by atoms with Crippen molar-refractivity contribution in [1.29, 1.82) is 0 Å². The van der Waals surface area contributed by atoms with Gasteiger partial charge < -0.3 is 4.90 Å². The summed E-state index contributed by atoms with van der Waals surface area (Å²) in [7, 11) is 0. The van der Waals surface area contributed by atoms with Crippen molar-refractivity contribution in [1.82, 2.24) is 4.98 Å². The summed E-state index contributed by atoms with van der Waals surface area (Å²) in [6, 6.07) is 12.9. The smallest absolute Gasteiger partial charge is 0.133 e. The van der Waals surface area contributed by atoms with Crippen molar-refractivity contribution in [2.75, 3.05) is 18.0 Å². The quantitative estimate of drug-likeness (QED) is 0.780. The Kier molecular flexibility index (Phi) is 4.16. The zero-order valence-corrected chi connectivity index (χ0v) is 13.4. The van der Waals surface area contributed by atoms with Gasteiger partial charge in [-0.2, -0.15) is 0 Å². The lowest BCUT2D eigenvalue weighted by molar-refractivity contribution is 0.773. The minimum atomic E-state index is 0.529. The molecule has 3 rings (SSSR count). The highest BCUT2D eigenvalue weighted by molar-refractivity contribution is 6.17. The molecule has 21 heavy (non-hydrogen) atoms. The molecule has 110 valence electrons. The molecule has 1 atom stereocenters. The molecular formula is C18H21ClN2. The summed E-state index contributed by atoms with van der Waals surface area (Å²) in [5, 5.41) is 0. The number of pyridine rings is 1. The molecule has 0 N–H and O–H groups in total. The summed E-state index contributed by atoms with van der Waals surface area (Å²) in [5.41, 5.74) is 4.92. The summed E-state index contributed by atoms with van der Waals surface area (Å²) in [5.74, 6) is 2.21. The summed E-state index contributed by atoms with van der Waals surface area (Å²) >= 11 is 6.15. The zero-order chi connectivity index (χ0) is 14.8. The maximum absolute atomic E-state index is 6.15. The van der Waals surface area contributed by atoms with Crippen molar-refractivity contribution in [3.8, 4) is 0 Å². The van der Waals surface area contributed by atoms with Gasteiger partial charge in [-0.25, -0.2) is 4.98 Å². The molecule has 0 saturated carbocycles. The summed E-state index contributed by atoms with van der Waals surface area (Å²) in [6.07, 6.45) is 1.18. The van der Waals surface area contributed by atoms with Crippen LogP contribution in [-0.2, 0) is 5.88 Å². The van der Waals surface area contributed by atoms with Gasteiger partial charge in [-0.15, -0.1) is 11.6 Å². The van der Waals surface area contributed by atoms with Gasteiger partial charge in [0.05, 0.1) is 5.88 Å². The molecule has 1 aromatic heterocycles. The molecule has 1 saturated heterocycles. The van der Waals surface area contributed by atoms with E-state index in [1.807, 2.05) is 0 Å². The van der Waals surface area contributed by atoms with E-state index in [4.69, 9.17) is 16.6 Å². The molecule has 1 aliphatic rings. The molecule has 2 aromatic rings. The van der Waals surface area contributed by atoms with Crippen LogP contribution < -0.4 is 4.90 Å². The Morgan fingerprint density at radius 3 is 2.71 bits per heavy atom. The van der Waals surface area contributed by atoms with E-state index in [1.165, 1.54) is 23.1 Å². The van der Waals surface area contributed by atoms with Gasteiger partial charge in [-0.05, 0) is 37.5 Å². The molecule has 0 radical (unpaired) electrons. The average molecular weight is 301 g/mol. The Hall–Kier alpha value is -1.54. The highest BCUT2D eigenvalue weighted by Crippen LogP contribution is 2.33. The number of nitrogens with zero attached hydrogens (tertiary/aromatic N) is 2. The SMILES string of the molecule is Cc1cc(C)c(CCl)c(N2CCC(c3ccccc3)C2)n1. The molecule has 2 nitrogen and oxygen atoms in total. The Balaban J connectivity index is 1.87. The Morgan fingerprint density at radius 2 is 2.00 bits per heavy atom. The molecule has 1 aromatic carbocycles. The number of alkyl halides is 1. The summed E-state index contributed by atoms with van der Waals surface area (Å²) in [4.78, 5) is 7.15. The Labute approximate surface area is 131 Å². The number of aryl methyl sites for hydroxylation is 2. The van der Waals surface area contributed by atoms with E-state index in [-0.39, 0.29) is 0 Å². The number of halogens is 1. The zero-order valence-electron chi connectivity index (χ0n) is 12.6. The topological polar surface area (TPSA) is 16.1 Å². The molecular weight excluding hydrogens is 280 g/mol. The molecule has 2 heterocycles. The van der Waals surface area contributed by atoms with Crippen LogP contribution in [0.4, 0.5) is 5.82 Å². The third-order valence-electron chi connectivity index (χ3n) is 4.35. The fraction of sp³-hybridized carbons (Fsp3) is 0.389. The normalized spacial score (nSPS) is 18.2. The second kappa shape index (κ2) is 6.07. The monoisotopic (exact) mass is 300 g/mol. The number of hydrogen-bond donors (Lipinski definition) is 0. The van der Waals surface area contributed by atoms with Crippen LogP contribution >= 0.6 is 11.6 Å². The molecule has 0 amide bonds. The lowest BCUT2D eigenvalue weighted by atomic mass is 9.99. The number of rotatable bonds is 3. The van der Waals surface area contributed by atoms with Crippen LogP contribution in [0, 0.1) is 13.8 Å². The van der Waals surface area contributed by atoms with Gasteiger partial charge in [-0.1, -0.05) is 30.3 Å². The molecule has 1 aliphatic heterocycles. The first-order valence-corrected chi connectivity index (χ1v) is 8.05. The van der Waals surface area contributed by atoms with E-state index in [9.17, 15) is 0 Å². The molecule has 1 unspecified atom stereocenters. The number of benzene rings is 1. The van der Waals surface area contributed by atoms with Crippen LogP contribution in [0.2, 0.25) is 0 Å². The number of anilines is 1. The number of aromatic nitrogens is 1. The predicted octanol–water partition coefficient (Wildman–Crippen LogP) is 4.43. The van der Waals surface area contributed by atoms with Gasteiger partial charge in [0, 0.05) is 30.3 Å². The fourth-order valence-corrected chi connectivity index (χ4v) is 3.55. The lowest BCUT2D eigenvalue weighted by Crippen LogP contribution is -2.22. The Morgan fingerprint density at radius 1 is 1.24 bits per heavy atom. The Bertz CT molecular complexity index is 625. The maximum Gasteiger partial charge on any atom is 0.133 e. The van der Waals surface area contributed by atoms with E-state index in [1.54, 1.807) is 0 Å². The van der Waals surface area contributed by atoms with Gasteiger partial charge in [0.2, 0.25) is 0 Å². The van der Waals surface area contributed by atoms with Gasteiger partial charge in [0.1, 0.15) is 5.82 Å². The van der Waals surface area contributed by atoms with Crippen LogP contribution in [0.5, 0.6) is 0 Å². The van der Waals surface area contributed by atoms with E-state index in [2.05, 4.69) is 55.1 Å². The van der Waals surface area contributed by atoms with Crippen LogP contribution in [0.25, 0.3) is 0 Å². The van der Waals surface area contributed by atoms with Crippen molar-refractivity contribution < 1.29 is 0 Å². The number of hydrogen-bond acceptors (Lipinski definition) is 2. The lowest BCUT2D eigenvalue weighted by Gasteiger charge is -2.22. The second-order valence-corrected chi connectivity index (χ2v) is 6.13. The minimum Gasteiger partial charge on any atom is -0.356 e. The van der Waals surface area contributed by atoms with Gasteiger partial charge in [0.15, 0.2) is 0 Å². The van der Waals surface area contributed by atoms with E-state index >= 15 is 0 Å². The molecule has 3 heteroatoms. The largest absolute Gasteiger partial charge is 0.356 e. The first-order valence-electron chi connectivity index (χ1n) is 7.52. The third kappa shape index (κ3) is 2.91. The summed E-state index contributed by atoms with van der Waals surface area (Å²) in [6.45, 7) is 6.27. The van der Waals surface area contributed by atoms with Crippen LogP contribution in [0.15, 0.2) is 36.4 Å². The van der Waals surface area contributed by atoms with Crippen molar-refractivity contribution in [2.24, 2.45) is 0 Å². The molecule has 0 spiro atoms. The first-order chi connectivity index (χ1) is 10.2. The molecule has 1 fully saturated rings. The van der Waals surface area contributed by atoms with Crippen molar-refractivity contribution >= 4 is 17.4 Å². The predicted molar refractivity (Wildman–Crippen MR) is 89.3 cm³/mol. The van der Waals surface area contributed by atoms with E-state index in [0.717, 1.165) is 24.6 Å². The fourth-order valence-electron chi connectivity index (χ4n) is 3.22. The van der Waals surface area contributed by atoms with Crippen molar-refractivity contribution in [2.45, 2.75) is 32.1 Å². The van der Waals surface area contributed by atoms with Crippen LogP contribution in [0.3, 0.4) is 0 Å². The summed E-state index contributed by atoms with van der Waals surface area (Å²) < 4.78 is 0. The van der Waals surface area contributed by atoms with E-state index < -0.39 is 0 Å². The van der Waals surface area contributed by atoms with E-state index in [0.29, 0.717) is 11.8 Å². The third-order valence-corrected chi connectivity index (χ3v) is 4.61. The molecule has 0 aliphatic carbocycles. The van der Waals surface area contributed by atoms with Crippen molar-refractivity contribution in [3.05, 3.63) is 58.8 Å². The highest BCUT2D eigenvalue weighted by atomic mass is 35.5. The minimum absolute atomic E-state index is 0.529. The van der Waals surface area contributed by atoms with Crippen LogP contribution in [0.1, 0.15) is 34.7 Å². The first kappa shape index (κ1) is 14.4. The molecule has 0 bridgehead atoms. The second-order valence-electron chi connectivity index (χ2n) is 5.86. The standard InChI is InChI=1S/C18H21ClN2/c1-13-10-14(2)20-18(17(13)11-19)21-9-8-16(12-21)15-6-4-3-5-7-15/h3-7,10,16H,8-9,11-12H2,1-2H3. The van der Waals surface area contributed by atoms with Gasteiger partial charge in [-0.3, -0.25) is 0 Å². The van der Waals surface area contributed by atoms with Gasteiger partial charge >= 0.3 is 0 Å².